The summed E-state index contributed by atoms with van der Waals surface area (Å²) in [4.78, 5) is 21.1. The van der Waals surface area contributed by atoms with Crippen LogP contribution in [0.3, 0.4) is 0 Å². The Morgan fingerprint density at radius 3 is 2.95 bits per heavy atom. The first-order valence-electron chi connectivity index (χ1n) is 7.17. The minimum absolute atomic E-state index is 0.0680. The number of hydrogen-bond acceptors (Lipinski definition) is 4. The van der Waals surface area contributed by atoms with Crippen LogP contribution in [0.5, 0.6) is 0 Å². The van der Waals surface area contributed by atoms with Crippen LogP contribution in [0.25, 0.3) is 0 Å². The Labute approximate surface area is 112 Å². The second-order valence-corrected chi connectivity index (χ2v) is 6.15. The lowest BCUT2D eigenvalue weighted by Gasteiger charge is -2.20. The van der Waals surface area contributed by atoms with E-state index < -0.39 is 0 Å². The molecule has 0 spiro atoms. The summed E-state index contributed by atoms with van der Waals surface area (Å²) in [6, 6.07) is 0.542. The van der Waals surface area contributed by atoms with E-state index in [1.165, 1.54) is 12.8 Å². The number of nitrogens with zero attached hydrogens (tertiary/aromatic N) is 3. The number of aromatic nitrogens is 1. The second-order valence-electron chi connectivity index (χ2n) is 6.15. The van der Waals surface area contributed by atoms with Crippen molar-refractivity contribution in [3.8, 4) is 0 Å². The van der Waals surface area contributed by atoms with Gasteiger partial charge in [0, 0.05) is 25.0 Å². The van der Waals surface area contributed by atoms with Crippen LogP contribution >= 0.6 is 0 Å². The number of fused-ring (bicyclic) bond motifs is 1. The number of carbonyl (C=O) groups excluding carboxylic acids is 1. The molecule has 3 aliphatic rings. The Morgan fingerprint density at radius 2 is 2.21 bits per heavy atom. The summed E-state index contributed by atoms with van der Waals surface area (Å²) in [6.07, 6.45) is 4.88. The smallest absolute Gasteiger partial charge is 0.276 e. The molecule has 0 aromatic carbocycles. The molecule has 1 amide bonds. The van der Waals surface area contributed by atoms with Crippen LogP contribution in [0.4, 0.5) is 0 Å². The molecule has 102 valence electrons. The van der Waals surface area contributed by atoms with Crippen LogP contribution < -0.4 is 0 Å². The van der Waals surface area contributed by atoms with E-state index in [0.29, 0.717) is 23.6 Å². The lowest BCUT2D eigenvalue weighted by Crippen LogP contribution is -2.35. The molecule has 1 aromatic rings. The summed E-state index contributed by atoms with van der Waals surface area (Å²) in [5.41, 5.74) is 0.560. The van der Waals surface area contributed by atoms with Gasteiger partial charge in [0.1, 0.15) is 5.76 Å². The van der Waals surface area contributed by atoms with Gasteiger partial charge in [0.2, 0.25) is 0 Å². The van der Waals surface area contributed by atoms with Crippen molar-refractivity contribution >= 4 is 5.91 Å². The van der Waals surface area contributed by atoms with E-state index in [1.807, 2.05) is 4.90 Å². The molecule has 2 aliphatic heterocycles. The van der Waals surface area contributed by atoms with Crippen molar-refractivity contribution in [2.45, 2.75) is 31.2 Å². The van der Waals surface area contributed by atoms with E-state index in [1.54, 1.807) is 0 Å². The number of amides is 1. The lowest BCUT2D eigenvalue weighted by molar-refractivity contribution is 0.0767. The molecule has 1 aliphatic carbocycles. The summed E-state index contributed by atoms with van der Waals surface area (Å²) in [7, 11) is 2.16. The van der Waals surface area contributed by atoms with Crippen LogP contribution in [0.2, 0.25) is 0 Å². The lowest BCUT2D eigenvalue weighted by atomic mass is 10.1. The monoisotopic (exact) mass is 261 g/mol. The van der Waals surface area contributed by atoms with Crippen LogP contribution in [0, 0.1) is 5.92 Å². The number of likely N-dealkylation sites (tertiary alicyclic amines) is 2. The highest BCUT2D eigenvalue weighted by atomic mass is 16.3. The van der Waals surface area contributed by atoms with Crippen molar-refractivity contribution in [1.29, 1.82) is 0 Å². The van der Waals surface area contributed by atoms with Gasteiger partial charge in [-0.25, -0.2) is 4.98 Å². The Kier molecular flexibility index (Phi) is 2.45. The number of hydrogen-bond donors (Lipinski definition) is 0. The Morgan fingerprint density at radius 1 is 1.37 bits per heavy atom. The van der Waals surface area contributed by atoms with Gasteiger partial charge in [-0.3, -0.25) is 4.79 Å². The fourth-order valence-electron chi connectivity index (χ4n) is 3.54. The van der Waals surface area contributed by atoms with Crippen LogP contribution in [-0.4, -0.2) is 53.4 Å². The molecule has 1 aromatic heterocycles. The average molecular weight is 261 g/mol. The standard InChI is InChI=1S/C14H19N3O2/c1-16-5-4-10-6-17(7-11(10)16)14(18)12-13(9-2-3-9)19-8-15-12/h8-11H,2-7H2,1H3/t10-,11+/m0/s1. The van der Waals surface area contributed by atoms with E-state index in [4.69, 9.17) is 4.42 Å². The third-order valence-corrected chi connectivity index (χ3v) is 4.86. The second kappa shape index (κ2) is 4.07. The minimum atomic E-state index is 0.0680. The fourth-order valence-corrected chi connectivity index (χ4v) is 3.54. The van der Waals surface area contributed by atoms with E-state index >= 15 is 0 Å². The first kappa shape index (κ1) is 11.5. The van der Waals surface area contributed by atoms with Gasteiger partial charge < -0.3 is 14.2 Å². The summed E-state index contributed by atoms with van der Waals surface area (Å²) in [5.74, 6) is 1.96. The largest absolute Gasteiger partial charge is 0.447 e. The van der Waals surface area contributed by atoms with Crippen molar-refractivity contribution < 1.29 is 9.21 Å². The average Bonchev–Trinajstić information content (AvgIpc) is 2.88. The maximum atomic E-state index is 12.6. The summed E-state index contributed by atoms with van der Waals surface area (Å²) < 4.78 is 5.42. The summed E-state index contributed by atoms with van der Waals surface area (Å²) in [6.45, 7) is 2.89. The molecule has 2 atom stereocenters. The van der Waals surface area contributed by atoms with Gasteiger partial charge >= 0.3 is 0 Å². The first-order chi connectivity index (χ1) is 9.24. The highest BCUT2D eigenvalue weighted by Gasteiger charge is 2.43. The number of oxazole rings is 1. The molecule has 2 saturated heterocycles. The Hall–Kier alpha value is -1.36. The molecule has 0 N–H and O–H groups in total. The van der Waals surface area contributed by atoms with Gasteiger partial charge in [0.25, 0.3) is 5.91 Å². The molecule has 0 unspecified atom stereocenters. The van der Waals surface area contributed by atoms with E-state index in [-0.39, 0.29) is 5.91 Å². The predicted octanol–water partition coefficient (Wildman–Crippen LogP) is 1.33. The number of rotatable bonds is 2. The molecular formula is C14H19N3O2. The van der Waals surface area contributed by atoms with Crippen molar-refractivity contribution in [3.05, 3.63) is 17.8 Å². The van der Waals surface area contributed by atoms with Crippen molar-refractivity contribution in [3.63, 3.8) is 0 Å². The molecule has 19 heavy (non-hydrogen) atoms. The van der Waals surface area contributed by atoms with Gasteiger partial charge in [-0.2, -0.15) is 0 Å². The Balaban J connectivity index is 1.53. The molecule has 0 bridgehead atoms. The normalized spacial score (nSPS) is 30.9. The molecule has 3 heterocycles. The fraction of sp³-hybridized carbons (Fsp3) is 0.714. The zero-order valence-electron chi connectivity index (χ0n) is 11.2. The molecule has 3 fully saturated rings. The highest BCUT2D eigenvalue weighted by molar-refractivity contribution is 5.93. The third kappa shape index (κ3) is 1.79. The van der Waals surface area contributed by atoms with Gasteiger partial charge in [-0.05, 0) is 38.8 Å². The minimum Gasteiger partial charge on any atom is -0.447 e. The van der Waals surface area contributed by atoms with Crippen LogP contribution in [0.1, 0.15) is 41.4 Å². The molecule has 5 heteroatoms. The Bertz CT molecular complexity index is 509. The third-order valence-electron chi connectivity index (χ3n) is 4.86. The predicted molar refractivity (Wildman–Crippen MR) is 68.9 cm³/mol. The molecule has 4 rings (SSSR count). The molecular weight excluding hydrogens is 242 g/mol. The van der Waals surface area contributed by atoms with E-state index in [0.717, 1.165) is 38.2 Å². The van der Waals surface area contributed by atoms with Gasteiger partial charge in [0.05, 0.1) is 0 Å². The first-order valence-corrected chi connectivity index (χ1v) is 7.17. The molecule has 0 radical (unpaired) electrons. The molecule has 5 nitrogen and oxygen atoms in total. The maximum Gasteiger partial charge on any atom is 0.276 e. The summed E-state index contributed by atoms with van der Waals surface area (Å²) in [5, 5.41) is 0. The van der Waals surface area contributed by atoms with Crippen LogP contribution in [-0.2, 0) is 0 Å². The zero-order chi connectivity index (χ0) is 13.0. The number of likely N-dealkylation sites (N-methyl/N-ethyl adjacent to an activating group) is 1. The number of carbonyl (C=O) groups is 1. The SMILES string of the molecule is CN1CC[C@H]2CN(C(=O)c3ncoc3C3CC3)C[C@H]21. The van der Waals surface area contributed by atoms with Crippen LogP contribution in [0.15, 0.2) is 10.8 Å². The maximum absolute atomic E-state index is 12.6. The summed E-state index contributed by atoms with van der Waals surface area (Å²) >= 11 is 0. The van der Waals surface area contributed by atoms with Gasteiger partial charge in [0.15, 0.2) is 12.1 Å². The highest BCUT2D eigenvalue weighted by Crippen LogP contribution is 2.42. The zero-order valence-corrected chi connectivity index (χ0v) is 11.2. The van der Waals surface area contributed by atoms with E-state index in [2.05, 4.69) is 16.9 Å². The van der Waals surface area contributed by atoms with Gasteiger partial charge in [-0.1, -0.05) is 0 Å². The van der Waals surface area contributed by atoms with Crippen molar-refractivity contribution in [1.82, 2.24) is 14.8 Å². The molecule has 1 saturated carbocycles. The topological polar surface area (TPSA) is 49.6 Å². The van der Waals surface area contributed by atoms with E-state index in [9.17, 15) is 4.79 Å². The van der Waals surface area contributed by atoms with Crippen molar-refractivity contribution in [2.24, 2.45) is 5.92 Å². The quantitative estimate of drug-likeness (QED) is 0.806. The van der Waals surface area contributed by atoms with Gasteiger partial charge in [-0.15, -0.1) is 0 Å². The van der Waals surface area contributed by atoms with Crippen molar-refractivity contribution in [2.75, 3.05) is 26.7 Å².